The van der Waals surface area contributed by atoms with E-state index in [9.17, 15) is 14.4 Å². The van der Waals surface area contributed by atoms with Gasteiger partial charge in [0.05, 0.1) is 5.39 Å². The van der Waals surface area contributed by atoms with Gasteiger partial charge in [-0.3, -0.25) is 14.4 Å². The number of likely N-dealkylation sites (tertiary alicyclic amines) is 1. The highest BCUT2D eigenvalue weighted by Gasteiger charge is 2.26. The lowest BCUT2D eigenvalue weighted by Crippen LogP contribution is -2.44. The summed E-state index contributed by atoms with van der Waals surface area (Å²) < 4.78 is 1.07. The Labute approximate surface area is 131 Å². The van der Waals surface area contributed by atoms with Crippen LogP contribution >= 0.6 is 0 Å². The van der Waals surface area contributed by atoms with E-state index in [1.54, 1.807) is 29.2 Å². The Bertz CT molecular complexity index is 808. The molecule has 0 atom stereocenters. The number of fused-ring (bicyclic) bond motifs is 1. The highest BCUT2D eigenvalue weighted by atomic mass is 16.2. The highest BCUT2D eigenvalue weighted by Crippen LogP contribution is 2.16. The first-order chi connectivity index (χ1) is 11.1. The number of hydrogen-bond donors (Lipinski definition) is 1. The minimum Gasteiger partial charge on any atom is -0.369 e. The molecule has 1 aromatic carbocycles. The number of primary amides is 1. The second-order valence-electron chi connectivity index (χ2n) is 5.63. The molecule has 23 heavy (non-hydrogen) atoms. The van der Waals surface area contributed by atoms with E-state index in [1.165, 1.54) is 0 Å². The van der Waals surface area contributed by atoms with Crippen molar-refractivity contribution in [1.82, 2.24) is 19.9 Å². The van der Waals surface area contributed by atoms with Gasteiger partial charge in [-0.2, -0.15) is 0 Å². The van der Waals surface area contributed by atoms with Gasteiger partial charge in [-0.05, 0) is 25.0 Å². The van der Waals surface area contributed by atoms with Crippen molar-refractivity contribution < 1.29 is 9.59 Å². The number of hydrogen-bond acceptors (Lipinski definition) is 5. The molecule has 1 saturated heterocycles. The first kappa shape index (κ1) is 15.1. The third-order valence-electron chi connectivity index (χ3n) is 4.16. The molecule has 120 valence electrons. The first-order valence-electron chi connectivity index (χ1n) is 7.46. The van der Waals surface area contributed by atoms with E-state index in [0.29, 0.717) is 36.8 Å². The van der Waals surface area contributed by atoms with Gasteiger partial charge in [0.1, 0.15) is 12.1 Å². The van der Waals surface area contributed by atoms with Crippen LogP contribution in [-0.4, -0.2) is 44.8 Å². The second-order valence-corrected chi connectivity index (χ2v) is 5.63. The maximum absolute atomic E-state index is 12.3. The third kappa shape index (κ3) is 3.05. The summed E-state index contributed by atoms with van der Waals surface area (Å²) in [6.07, 6.45) is 1.11. The molecular formula is C15H17N5O3. The Hall–Kier alpha value is -2.77. The van der Waals surface area contributed by atoms with Crippen LogP contribution in [0.15, 0.2) is 29.1 Å². The zero-order valence-electron chi connectivity index (χ0n) is 12.5. The number of benzene rings is 1. The molecular weight excluding hydrogens is 298 g/mol. The van der Waals surface area contributed by atoms with Crippen LogP contribution in [0.25, 0.3) is 10.9 Å². The van der Waals surface area contributed by atoms with Crippen LogP contribution in [0.3, 0.4) is 0 Å². The van der Waals surface area contributed by atoms with Gasteiger partial charge in [0.25, 0.3) is 5.56 Å². The molecule has 8 nitrogen and oxygen atoms in total. The van der Waals surface area contributed by atoms with Crippen molar-refractivity contribution in [3.63, 3.8) is 0 Å². The molecule has 0 bridgehead atoms. The lowest BCUT2D eigenvalue weighted by molar-refractivity contribution is -0.135. The van der Waals surface area contributed by atoms with Crippen molar-refractivity contribution in [2.24, 2.45) is 11.7 Å². The van der Waals surface area contributed by atoms with Crippen LogP contribution in [0.5, 0.6) is 0 Å². The summed E-state index contributed by atoms with van der Waals surface area (Å²) >= 11 is 0. The van der Waals surface area contributed by atoms with Crippen molar-refractivity contribution in [3.8, 4) is 0 Å². The molecule has 1 aliphatic heterocycles. The molecule has 2 amide bonds. The fourth-order valence-electron chi connectivity index (χ4n) is 2.77. The molecule has 0 spiro atoms. The fourth-order valence-corrected chi connectivity index (χ4v) is 2.77. The van der Waals surface area contributed by atoms with E-state index in [-0.39, 0.29) is 29.8 Å². The summed E-state index contributed by atoms with van der Waals surface area (Å²) in [7, 11) is 0. The van der Waals surface area contributed by atoms with E-state index < -0.39 is 0 Å². The van der Waals surface area contributed by atoms with Gasteiger partial charge in [-0.15, -0.1) is 5.10 Å². The van der Waals surface area contributed by atoms with Crippen LogP contribution in [0.1, 0.15) is 12.8 Å². The Morgan fingerprint density at radius 1 is 1.22 bits per heavy atom. The molecule has 0 unspecified atom stereocenters. The number of rotatable bonds is 3. The molecule has 2 heterocycles. The van der Waals surface area contributed by atoms with Crippen LogP contribution in [0, 0.1) is 5.92 Å². The van der Waals surface area contributed by atoms with Crippen molar-refractivity contribution in [2.45, 2.75) is 19.4 Å². The van der Waals surface area contributed by atoms with Gasteiger partial charge < -0.3 is 10.6 Å². The van der Waals surface area contributed by atoms with Crippen LogP contribution in [0.2, 0.25) is 0 Å². The Balaban J connectivity index is 1.73. The molecule has 0 saturated carbocycles. The van der Waals surface area contributed by atoms with Gasteiger partial charge >= 0.3 is 0 Å². The first-order valence-corrected chi connectivity index (χ1v) is 7.46. The van der Waals surface area contributed by atoms with Gasteiger partial charge in [-0.1, -0.05) is 17.3 Å². The lowest BCUT2D eigenvalue weighted by Gasteiger charge is -2.30. The summed E-state index contributed by atoms with van der Waals surface area (Å²) in [5.74, 6) is -0.712. The smallest absolute Gasteiger partial charge is 0.278 e. The monoisotopic (exact) mass is 315 g/mol. The number of nitrogens with two attached hydrogens (primary N) is 1. The SMILES string of the molecule is NC(=O)C1CCN(C(=O)Cn2nnc3ccccc3c2=O)CC1. The van der Waals surface area contributed by atoms with Gasteiger partial charge in [0, 0.05) is 19.0 Å². The van der Waals surface area contributed by atoms with E-state index in [1.807, 2.05) is 0 Å². The molecule has 1 aromatic heterocycles. The minimum atomic E-state index is -0.337. The third-order valence-corrected chi connectivity index (χ3v) is 4.16. The molecule has 1 aliphatic rings. The predicted octanol–water partition coefficient (Wildman–Crippen LogP) is -0.485. The topological polar surface area (TPSA) is 111 Å². The minimum absolute atomic E-state index is 0.155. The maximum Gasteiger partial charge on any atom is 0.278 e. The summed E-state index contributed by atoms with van der Waals surface area (Å²) in [5.41, 5.74) is 5.45. The maximum atomic E-state index is 12.3. The molecule has 2 aromatic rings. The molecule has 0 aliphatic carbocycles. The average molecular weight is 315 g/mol. The van der Waals surface area contributed by atoms with Crippen molar-refractivity contribution in [1.29, 1.82) is 0 Å². The molecule has 2 N–H and O–H groups in total. The molecule has 1 fully saturated rings. The van der Waals surface area contributed by atoms with Gasteiger partial charge in [0.15, 0.2) is 0 Å². The van der Waals surface area contributed by atoms with Gasteiger partial charge in [-0.25, -0.2) is 4.68 Å². The summed E-state index contributed by atoms with van der Waals surface area (Å²) in [6.45, 7) is 0.766. The highest BCUT2D eigenvalue weighted by molar-refractivity contribution is 5.79. The fraction of sp³-hybridized carbons (Fsp3) is 0.400. The summed E-state index contributed by atoms with van der Waals surface area (Å²) in [6, 6.07) is 6.87. The van der Waals surface area contributed by atoms with Crippen molar-refractivity contribution in [2.75, 3.05) is 13.1 Å². The zero-order valence-corrected chi connectivity index (χ0v) is 12.5. The predicted molar refractivity (Wildman–Crippen MR) is 82.3 cm³/mol. The average Bonchev–Trinajstić information content (AvgIpc) is 2.57. The lowest BCUT2D eigenvalue weighted by atomic mass is 9.96. The number of amides is 2. The summed E-state index contributed by atoms with van der Waals surface area (Å²) in [4.78, 5) is 37.4. The van der Waals surface area contributed by atoms with Crippen LogP contribution in [-0.2, 0) is 16.1 Å². The summed E-state index contributed by atoms with van der Waals surface area (Å²) in [5, 5.41) is 8.21. The van der Waals surface area contributed by atoms with E-state index in [4.69, 9.17) is 5.73 Å². The largest absolute Gasteiger partial charge is 0.369 e. The van der Waals surface area contributed by atoms with Gasteiger partial charge in [0.2, 0.25) is 11.8 Å². The van der Waals surface area contributed by atoms with E-state index >= 15 is 0 Å². The Morgan fingerprint density at radius 2 is 1.91 bits per heavy atom. The van der Waals surface area contributed by atoms with E-state index in [0.717, 1.165) is 4.68 Å². The second kappa shape index (κ2) is 6.15. The molecule has 3 rings (SSSR count). The molecule has 8 heteroatoms. The normalized spacial score (nSPS) is 15.7. The molecule has 0 radical (unpaired) electrons. The van der Waals surface area contributed by atoms with Crippen LogP contribution < -0.4 is 11.3 Å². The van der Waals surface area contributed by atoms with Crippen molar-refractivity contribution in [3.05, 3.63) is 34.6 Å². The number of carbonyl (C=O) groups excluding carboxylic acids is 2. The van der Waals surface area contributed by atoms with E-state index in [2.05, 4.69) is 10.3 Å². The number of nitrogens with zero attached hydrogens (tertiary/aromatic N) is 4. The van der Waals surface area contributed by atoms with Crippen molar-refractivity contribution >= 4 is 22.7 Å². The quantitative estimate of drug-likeness (QED) is 0.822. The number of aromatic nitrogens is 3. The zero-order chi connectivity index (χ0) is 16.4. The number of carbonyl (C=O) groups is 2. The Morgan fingerprint density at radius 3 is 2.61 bits per heavy atom. The van der Waals surface area contributed by atoms with Crippen LogP contribution in [0.4, 0.5) is 0 Å². The standard InChI is InChI=1S/C15H17N5O3/c16-14(22)10-5-7-19(8-6-10)13(21)9-20-15(23)11-3-1-2-4-12(11)17-18-20/h1-4,10H,5-9H2,(H2,16,22). The number of piperidine rings is 1. The Kier molecular flexibility index (Phi) is 4.05.